The number of nitrogens with zero attached hydrogens (tertiary/aromatic N) is 1. The van der Waals surface area contributed by atoms with Crippen LogP contribution in [-0.2, 0) is 5.28 Å². The van der Waals surface area contributed by atoms with Gasteiger partial charge in [-0.15, -0.1) is 0 Å². The number of aryl methyl sites for hydroxylation is 1. The second-order valence-corrected chi connectivity index (χ2v) is 7.48. The van der Waals surface area contributed by atoms with Crippen LogP contribution in [0.1, 0.15) is 25.1 Å². The first-order valence-corrected chi connectivity index (χ1v) is 7.62. The summed E-state index contributed by atoms with van der Waals surface area (Å²) in [4.78, 5) is 4.41. The van der Waals surface area contributed by atoms with E-state index in [0.717, 1.165) is 0 Å². The fraction of sp³-hybridized carbons (Fsp3) is 0.545. The summed E-state index contributed by atoms with van der Waals surface area (Å²) >= 11 is -0.502. The Morgan fingerprint density at radius 2 is 2.00 bits per heavy atom. The van der Waals surface area contributed by atoms with Gasteiger partial charge in [0.15, 0.2) is 0 Å². The Kier molecular flexibility index (Phi) is 4.49. The predicted molar refractivity (Wildman–Crippen MR) is 59.4 cm³/mol. The molecule has 1 rings (SSSR count). The highest BCUT2D eigenvalue weighted by molar-refractivity contribution is 6.57. The third-order valence-electron chi connectivity index (χ3n) is 2.62. The molecule has 0 N–H and O–H groups in total. The van der Waals surface area contributed by atoms with Crippen molar-refractivity contribution in [3.05, 3.63) is 29.6 Å². The van der Waals surface area contributed by atoms with Crippen LogP contribution in [0.15, 0.2) is 18.3 Å². The summed E-state index contributed by atoms with van der Waals surface area (Å²) in [5.41, 5.74) is 2.64. The number of aromatic nitrogens is 1. The molecule has 1 aromatic heterocycles. The van der Waals surface area contributed by atoms with Gasteiger partial charge in [0.25, 0.3) is 14.1 Å². The highest BCUT2D eigenvalue weighted by Gasteiger charge is 2.12. The number of pyridine rings is 1. The molecule has 0 aromatic carbocycles. The van der Waals surface area contributed by atoms with Crippen molar-refractivity contribution in [1.29, 1.82) is 0 Å². The van der Waals surface area contributed by atoms with Crippen LogP contribution in [0, 0.1) is 6.92 Å². The third-order valence-corrected chi connectivity index (χ3v) is 5.93. The van der Waals surface area contributed by atoms with E-state index >= 15 is 0 Å². The number of rotatable bonds is 4. The third kappa shape index (κ3) is 3.50. The number of hydrogen-bond donors (Lipinski definition) is 0. The van der Waals surface area contributed by atoms with Gasteiger partial charge in [-0.25, -0.2) is 0 Å². The van der Waals surface area contributed by atoms with E-state index in [4.69, 9.17) is 0 Å². The van der Waals surface area contributed by atoms with Gasteiger partial charge in [0, 0.05) is 11.9 Å². The summed E-state index contributed by atoms with van der Waals surface area (Å²) < 4.78 is 0. The van der Waals surface area contributed by atoms with E-state index in [2.05, 4.69) is 37.9 Å². The molecule has 70 valence electrons. The maximum absolute atomic E-state index is 4.41. The Morgan fingerprint density at radius 3 is 2.54 bits per heavy atom. The van der Waals surface area contributed by atoms with Crippen LogP contribution in [0.25, 0.3) is 0 Å². The van der Waals surface area contributed by atoms with Crippen molar-refractivity contribution in [2.24, 2.45) is 0 Å². The van der Waals surface area contributed by atoms with Crippen LogP contribution in [0.2, 0.25) is 10.6 Å². The molecule has 0 amide bonds. The van der Waals surface area contributed by atoms with Crippen molar-refractivity contribution in [2.75, 3.05) is 0 Å². The summed E-state index contributed by atoms with van der Waals surface area (Å²) in [6, 6.07) is 4.29. The molecule has 0 radical (unpaired) electrons. The monoisotopic (exact) mass is 191 g/mol. The van der Waals surface area contributed by atoms with E-state index in [9.17, 15) is 0 Å². The van der Waals surface area contributed by atoms with Gasteiger partial charge in [0.2, 0.25) is 0 Å². The van der Waals surface area contributed by atoms with E-state index in [1.165, 1.54) is 27.1 Å². The SMILES string of the molecule is C[CH2][Al]([CH2]C)[CH2]c1cc(C)ccn1. The van der Waals surface area contributed by atoms with Gasteiger partial charge in [0.1, 0.15) is 0 Å². The van der Waals surface area contributed by atoms with Crippen LogP contribution in [0.5, 0.6) is 0 Å². The van der Waals surface area contributed by atoms with Gasteiger partial charge in [0.05, 0.1) is 0 Å². The summed E-state index contributed by atoms with van der Waals surface area (Å²) in [6.45, 7) is 6.77. The average Bonchev–Trinajstić information content (AvgIpc) is 2.14. The molecule has 1 heterocycles. The standard InChI is InChI=1S/C7H8N.2C2H5.Al/c1-6-3-4-8-7(2)5-6;2*1-2;/h3-5H,2H2,1H3;2*1H2,2H3;. The fourth-order valence-corrected chi connectivity index (χ4v) is 3.55. The maximum atomic E-state index is 4.41. The smallest absolute Gasteiger partial charge is 0.263 e. The normalized spacial score (nSPS) is 10.1. The van der Waals surface area contributed by atoms with Crippen molar-refractivity contribution < 1.29 is 0 Å². The van der Waals surface area contributed by atoms with Gasteiger partial charge in [-0.2, -0.15) is 0 Å². The van der Waals surface area contributed by atoms with Crippen LogP contribution in [-0.4, -0.2) is 19.1 Å². The van der Waals surface area contributed by atoms with Crippen LogP contribution in [0.4, 0.5) is 0 Å². The second kappa shape index (κ2) is 5.42. The van der Waals surface area contributed by atoms with Crippen molar-refractivity contribution in [2.45, 2.75) is 36.6 Å². The molecule has 0 bridgehead atoms. The van der Waals surface area contributed by atoms with Gasteiger partial charge in [-0.05, 0) is 24.6 Å². The molecular weight excluding hydrogens is 173 g/mol. The molecule has 0 spiro atoms. The minimum absolute atomic E-state index is 0.502. The topological polar surface area (TPSA) is 12.9 Å². The molecule has 0 aliphatic heterocycles. The van der Waals surface area contributed by atoms with Crippen LogP contribution >= 0.6 is 0 Å². The zero-order valence-corrected chi connectivity index (χ0v) is 10.0. The molecule has 0 atom stereocenters. The zero-order valence-electron chi connectivity index (χ0n) is 8.88. The Balaban J connectivity index is 2.62. The Hall–Kier alpha value is -0.318. The predicted octanol–water partition coefficient (Wildman–Crippen LogP) is 3.01. The number of hydrogen-bond acceptors (Lipinski definition) is 1. The lowest BCUT2D eigenvalue weighted by molar-refractivity contribution is 1.11. The van der Waals surface area contributed by atoms with Gasteiger partial charge in [-0.3, -0.25) is 4.98 Å². The summed E-state index contributed by atoms with van der Waals surface area (Å²) in [6.07, 6.45) is 1.93. The molecule has 0 fully saturated rings. The Labute approximate surface area is 85.6 Å². The lowest BCUT2D eigenvalue weighted by Crippen LogP contribution is -2.14. The second-order valence-electron chi connectivity index (χ2n) is 3.71. The molecule has 2 heteroatoms. The Bertz CT molecular complexity index is 256. The summed E-state index contributed by atoms with van der Waals surface area (Å²) in [5.74, 6) is 0. The molecule has 1 aromatic rings. The molecule has 0 unspecified atom stereocenters. The van der Waals surface area contributed by atoms with E-state index in [0.29, 0.717) is 0 Å². The highest BCUT2D eigenvalue weighted by Crippen LogP contribution is 2.07. The quantitative estimate of drug-likeness (QED) is 0.667. The van der Waals surface area contributed by atoms with Gasteiger partial charge >= 0.3 is 0 Å². The van der Waals surface area contributed by atoms with E-state index in [-0.39, 0.29) is 0 Å². The van der Waals surface area contributed by atoms with E-state index < -0.39 is 14.1 Å². The maximum Gasteiger partial charge on any atom is 0.269 e. The first kappa shape index (κ1) is 10.8. The van der Waals surface area contributed by atoms with Gasteiger partial charge < -0.3 is 0 Å². The van der Waals surface area contributed by atoms with E-state index in [1.807, 2.05) is 6.20 Å². The summed E-state index contributed by atoms with van der Waals surface area (Å²) in [7, 11) is 0. The lowest BCUT2D eigenvalue weighted by atomic mass is 10.3. The molecule has 0 saturated heterocycles. The van der Waals surface area contributed by atoms with Crippen molar-refractivity contribution >= 4 is 14.1 Å². The van der Waals surface area contributed by atoms with Crippen LogP contribution < -0.4 is 0 Å². The minimum atomic E-state index is -0.502. The first-order chi connectivity index (χ1) is 6.26. The van der Waals surface area contributed by atoms with E-state index in [1.54, 1.807) is 0 Å². The molecule has 0 aliphatic carbocycles. The summed E-state index contributed by atoms with van der Waals surface area (Å²) in [5, 5.41) is 4.06. The lowest BCUT2D eigenvalue weighted by Gasteiger charge is -2.05. The minimum Gasteiger partial charge on any atom is -0.263 e. The Morgan fingerprint density at radius 1 is 1.31 bits per heavy atom. The molecule has 1 nitrogen and oxygen atoms in total. The average molecular weight is 191 g/mol. The van der Waals surface area contributed by atoms with Gasteiger partial charge in [-0.1, -0.05) is 29.7 Å². The largest absolute Gasteiger partial charge is 0.269 e. The molecule has 0 aliphatic rings. The van der Waals surface area contributed by atoms with Crippen molar-refractivity contribution in [1.82, 2.24) is 4.98 Å². The fourth-order valence-electron chi connectivity index (χ4n) is 1.58. The molecule has 13 heavy (non-hydrogen) atoms. The van der Waals surface area contributed by atoms with Crippen molar-refractivity contribution in [3.63, 3.8) is 0 Å². The molecular formula is C11H18AlN. The zero-order chi connectivity index (χ0) is 9.68. The van der Waals surface area contributed by atoms with Crippen molar-refractivity contribution in [3.8, 4) is 0 Å². The first-order valence-electron chi connectivity index (χ1n) is 5.17. The molecule has 0 saturated carbocycles. The highest BCUT2D eigenvalue weighted by atomic mass is 27.2. The van der Waals surface area contributed by atoms with Crippen LogP contribution in [0.3, 0.4) is 0 Å².